The van der Waals surface area contributed by atoms with Crippen LogP contribution in [0.1, 0.15) is 52.2 Å². The van der Waals surface area contributed by atoms with Crippen molar-refractivity contribution in [1.82, 2.24) is 4.90 Å². The summed E-state index contributed by atoms with van der Waals surface area (Å²) < 4.78 is 0. The summed E-state index contributed by atoms with van der Waals surface area (Å²) in [5, 5.41) is 0. The van der Waals surface area contributed by atoms with Crippen LogP contribution in [-0.2, 0) is 11.8 Å². The molecule has 0 saturated carbocycles. The molecule has 0 radical (unpaired) electrons. The third kappa shape index (κ3) is 4.09. The molecule has 1 aliphatic rings. The zero-order valence-electron chi connectivity index (χ0n) is 13.9. The molecular weight excluding hydrogens is 242 g/mol. The number of nitrogens with zero attached hydrogens (tertiary/aromatic N) is 1. The summed E-state index contributed by atoms with van der Waals surface area (Å²) in [6, 6.07) is 9.24. The molecule has 1 atom stereocenters. The quantitative estimate of drug-likeness (QED) is 0.780. The number of benzene rings is 1. The maximum absolute atomic E-state index is 2.64. The molecule has 112 valence electrons. The Hall–Kier alpha value is -0.820. The van der Waals surface area contributed by atoms with E-state index >= 15 is 0 Å². The van der Waals surface area contributed by atoms with E-state index in [0.29, 0.717) is 0 Å². The van der Waals surface area contributed by atoms with Crippen LogP contribution in [0.5, 0.6) is 0 Å². The fraction of sp³-hybridized carbons (Fsp3) is 0.684. The first-order valence-electron chi connectivity index (χ1n) is 8.18. The van der Waals surface area contributed by atoms with Gasteiger partial charge in [0, 0.05) is 13.1 Å². The Balaban J connectivity index is 1.83. The molecule has 1 heterocycles. The van der Waals surface area contributed by atoms with Gasteiger partial charge in [0.15, 0.2) is 0 Å². The molecule has 0 bridgehead atoms. The van der Waals surface area contributed by atoms with Crippen LogP contribution < -0.4 is 0 Å². The molecule has 0 amide bonds. The molecule has 20 heavy (non-hydrogen) atoms. The second-order valence-corrected chi connectivity index (χ2v) is 7.79. The molecular formula is C19H31N. The van der Waals surface area contributed by atoms with E-state index in [2.05, 4.69) is 63.8 Å². The first kappa shape index (κ1) is 15.6. The summed E-state index contributed by atoms with van der Waals surface area (Å²) in [4.78, 5) is 2.64. The fourth-order valence-electron chi connectivity index (χ4n) is 3.07. The molecule has 1 saturated heterocycles. The van der Waals surface area contributed by atoms with Crippen LogP contribution in [0.15, 0.2) is 24.3 Å². The Morgan fingerprint density at radius 3 is 2.30 bits per heavy atom. The molecule has 0 aromatic heterocycles. The zero-order valence-corrected chi connectivity index (χ0v) is 13.9. The highest BCUT2D eigenvalue weighted by molar-refractivity contribution is 5.27. The topological polar surface area (TPSA) is 3.24 Å². The minimum atomic E-state index is 0.262. The average Bonchev–Trinajstić information content (AvgIpc) is 2.85. The van der Waals surface area contributed by atoms with Crippen molar-refractivity contribution in [3.05, 3.63) is 35.4 Å². The molecule has 0 unspecified atom stereocenters. The van der Waals surface area contributed by atoms with Crippen LogP contribution >= 0.6 is 0 Å². The lowest BCUT2D eigenvalue weighted by atomic mass is 9.86. The molecule has 1 aromatic rings. The SMILES string of the molecule is CC(C)[C@H]1CCN(CCc2ccc(C(C)(C)C)cc2)C1. The van der Waals surface area contributed by atoms with Crippen molar-refractivity contribution >= 4 is 0 Å². The van der Waals surface area contributed by atoms with E-state index in [1.54, 1.807) is 0 Å². The monoisotopic (exact) mass is 273 g/mol. The van der Waals surface area contributed by atoms with Gasteiger partial charge in [-0.3, -0.25) is 0 Å². The summed E-state index contributed by atoms with van der Waals surface area (Å²) in [5.74, 6) is 1.75. The number of rotatable bonds is 4. The zero-order chi connectivity index (χ0) is 14.8. The molecule has 1 aromatic carbocycles. The third-order valence-electron chi connectivity index (χ3n) is 4.79. The molecule has 1 aliphatic heterocycles. The first-order chi connectivity index (χ1) is 9.36. The summed E-state index contributed by atoms with van der Waals surface area (Å²) in [6.45, 7) is 15.4. The minimum Gasteiger partial charge on any atom is -0.303 e. The van der Waals surface area contributed by atoms with E-state index in [9.17, 15) is 0 Å². The van der Waals surface area contributed by atoms with Crippen LogP contribution in [0, 0.1) is 11.8 Å². The predicted octanol–water partition coefficient (Wildman–Crippen LogP) is 4.50. The fourth-order valence-corrected chi connectivity index (χ4v) is 3.07. The van der Waals surface area contributed by atoms with E-state index < -0.39 is 0 Å². The van der Waals surface area contributed by atoms with E-state index in [4.69, 9.17) is 0 Å². The van der Waals surface area contributed by atoms with Gasteiger partial charge >= 0.3 is 0 Å². The summed E-state index contributed by atoms with van der Waals surface area (Å²) in [5.41, 5.74) is 3.17. The highest BCUT2D eigenvalue weighted by atomic mass is 15.1. The number of hydrogen-bond acceptors (Lipinski definition) is 1. The van der Waals surface area contributed by atoms with Gasteiger partial charge in [-0.1, -0.05) is 58.9 Å². The van der Waals surface area contributed by atoms with Gasteiger partial charge in [0.05, 0.1) is 0 Å². The van der Waals surface area contributed by atoms with Gasteiger partial charge in [0.2, 0.25) is 0 Å². The van der Waals surface area contributed by atoms with E-state index in [-0.39, 0.29) is 5.41 Å². The van der Waals surface area contributed by atoms with Gasteiger partial charge in [-0.25, -0.2) is 0 Å². The standard InChI is InChI=1S/C19H31N/c1-15(2)17-11-13-20(14-17)12-10-16-6-8-18(9-7-16)19(3,4)5/h6-9,15,17H,10-14H2,1-5H3/t17-/m0/s1. The van der Waals surface area contributed by atoms with Crippen LogP contribution in [0.25, 0.3) is 0 Å². The van der Waals surface area contributed by atoms with Gasteiger partial charge in [-0.2, -0.15) is 0 Å². The third-order valence-corrected chi connectivity index (χ3v) is 4.79. The van der Waals surface area contributed by atoms with Crippen LogP contribution in [0.4, 0.5) is 0 Å². The Morgan fingerprint density at radius 2 is 1.80 bits per heavy atom. The normalized spacial score (nSPS) is 20.8. The Labute approximate surface area is 125 Å². The van der Waals surface area contributed by atoms with Crippen molar-refractivity contribution in [2.75, 3.05) is 19.6 Å². The van der Waals surface area contributed by atoms with Crippen molar-refractivity contribution in [1.29, 1.82) is 0 Å². The second kappa shape index (κ2) is 6.30. The molecule has 2 rings (SSSR count). The van der Waals surface area contributed by atoms with Gasteiger partial charge in [-0.15, -0.1) is 0 Å². The summed E-state index contributed by atoms with van der Waals surface area (Å²) in [6.07, 6.45) is 2.58. The van der Waals surface area contributed by atoms with E-state index in [0.717, 1.165) is 11.8 Å². The number of hydrogen-bond donors (Lipinski definition) is 0. The highest BCUT2D eigenvalue weighted by Gasteiger charge is 2.24. The molecule has 0 spiro atoms. The lowest BCUT2D eigenvalue weighted by molar-refractivity contribution is 0.306. The Bertz CT molecular complexity index is 410. The molecule has 1 fully saturated rings. The lowest BCUT2D eigenvalue weighted by Gasteiger charge is -2.20. The Morgan fingerprint density at radius 1 is 1.15 bits per heavy atom. The molecule has 1 heteroatoms. The maximum atomic E-state index is 2.64. The first-order valence-corrected chi connectivity index (χ1v) is 8.18. The molecule has 1 nitrogen and oxygen atoms in total. The van der Waals surface area contributed by atoms with Crippen LogP contribution in [0.3, 0.4) is 0 Å². The van der Waals surface area contributed by atoms with E-state index in [1.807, 2.05) is 0 Å². The Kier molecular flexibility index (Phi) is 4.90. The van der Waals surface area contributed by atoms with Crippen LogP contribution in [0.2, 0.25) is 0 Å². The highest BCUT2D eigenvalue weighted by Crippen LogP contribution is 2.24. The van der Waals surface area contributed by atoms with Crippen molar-refractivity contribution in [2.24, 2.45) is 11.8 Å². The second-order valence-electron chi connectivity index (χ2n) is 7.79. The molecule has 0 aliphatic carbocycles. The van der Waals surface area contributed by atoms with Gasteiger partial charge in [-0.05, 0) is 47.8 Å². The van der Waals surface area contributed by atoms with Crippen LogP contribution in [-0.4, -0.2) is 24.5 Å². The average molecular weight is 273 g/mol. The van der Waals surface area contributed by atoms with Crippen molar-refractivity contribution < 1.29 is 0 Å². The molecule has 0 N–H and O–H groups in total. The van der Waals surface area contributed by atoms with E-state index in [1.165, 1.54) is 43.6 Å². The van der Waals surface area contributed by atoms with Crippen molar-refractivity contribution in [3.8, 4) is 0 Å². The summed E-state index contributed by atoms with van der Waals surface area (Å²) >= 11 is 0. The van der Waals surface area contributed by atoms with Gasteiger partial charge < -0.3 is 4.90 Å². The van der Waals surface area contributed by atoms with Crippen molar-refractivity contribution in [3.63, 3.8) is 0 Å². The van der Waals surface area contributed by atoms with Crippen molar-refractivity contribution in [2.45, 2.75) is 52.9 Å². The summed E-state index contributed by atoms with van der Waals surface area (Å²) in [7, 11) is 0. The minimum absolute atomic E-state index is 0.262. The smallest absolute Gasteiger partial charge is 0.00219 e. The predicted molar refractivity (Wildman–Crippen MR) is 88.2 cm³/mol. The number of likely N-dealkylation sites (tertiary alicyclic amines) is 1. The van der Waals surface area contributed by atoms with Gasteiger partial charge in [0.25, 0.3) is 0 Å². The lowest BCUT2D eigenvalue weighted by Crippen LogP contribution is -2.24. The maximum Gasteiger partial charge on any atom is 0.00219 e. The largest absolute Gasteiger partial charge is 0.303 e. The van der Waals surface area contributed by atoms with Gasteiger partial charge in [0.1, 0.15) is 0 Å².